The summed E-state index contributed by atoms with van der Waals surface area (Å²) in [4.78, 5) is 1.25. The molecule has 0 amide bonds. The first kappa shape index (κ1) is 13.2. The number of ether oxygens (including phenoxy) is 1. The van der Waals surface area contributed by atoms with Gasteiger partial charge in [-0.15, -0.1) is 11.3 Å². The quantitative estimate of drug-likeness (QED) is 0.846. The predicted octanol–water partition coefficient (Wildman–Crippen LogP) is 4.34. The molecule has 1 saturated carbocycles. The molecule has 19 heavy (non-hydrogen) atoms. The van der Waals surface area contributed by atoms with E-state index < -0.39 is 0 Å². The highest BCUT2D eigenvalue weighted by Crippen LogP contribution is 2.26. The van der Waals surface area contributed by atoms with Crippen LogP contribution in [0.1, 0.15) is 23.3 Å². The van der Waals surface area contributed by atoms with Crippen molar-refractivity contribution in [1.29, 1.82) is 0 Å². The number of rotatable bonds is 6. The molecule has 1 aliphatic rings. The highest BCUT2D eigenvalue weighted by atomic mass is 79.9. The van der Waals surface area contributed by atoms with Crippen molar-refractivity contribution in [2.45, 2.75) is 32.0 Å². The van der Waals surface area contributed by atoms with Gasteiger partial charge < -0.3 is 10.1 Å². The smallest absolute Gasteiger partial charge is 0.124 e. The molecule has 2 aromatic rings. The molecule has 3 rings (SSSR count). The molecule has 2 nitrogen and oxygen atoms in total. The standard InChI is InChI=1S/C15H16BrNOS/c16-12-3-6-15(18-10-14-2-1-7-19-14)11(8-12)9-17-13-4-5-13/h1-3,6-8,13,17H,4-5,9-10H2. The molecule has 0 radical (unpaired) electrons. The number of benzene rings is 1. The summed E-state index contributed by atoms with van der Waals surface area (Å²) >= 11 is 5.26. The van der Waals surface area contributed by atoms with Crippen LogP contribution in [0.25, 0.3) is 0 Å². The predicted molar refractivity (Wildman–Crippen MR) is 82.7 cm³/mol. The summed E-state index contributed by atoms with van der Waals surface area (Å²) < 4.78 is 7.04. The van der Waals surface area contributed by atoms with Gasteiger partial charge in [-0.1, -0.05) is 22.0 Å². The Bertz CT molecular complexity index is 537. The second kappa shape index (κ2) is 6.07. The molecule has 1 aromatic heterocycles. The third-order valence-corrected chi connectivity index (χ3v) is 4.47. The Morgan fingerprint density at radius 3 is 2.95 bits per heavy atom. The Morgan fingerprint density at radius 1 is 1.32 bits per heavy atom. The molecule has 0 bridgehead atoms. The summed E-state index contributed by atoms with van der Waals surface area (Å²) in [5, 5.41) is 5.61. The zero-order valence-electron chi connectivity index (χ0n) is 10.6. The maximum Gasteiger partial charge on any atom is 0.124 e. The van der Waals surface area contributed by atoms with E-state index in [9.17, 15) is 0 Å². The number of thiophene rings is 1. The maximum absolute atomic E-state index is 5.94. The average molecular weight is 338 g/mol. The third-order valence-electron chi connectivity index (χ3n) is 3.13. The molecule has 1 N–H and O–H groups in total. The van der Waals surface area contributed by atoms with Gasteiger partial charge in [-0.05, 0) is 42.5 Å². The minimum Gasteiger partial charge on any atom is -0.488 e. The molecule has 1 fully saturated rings. The minimum absolute atomic E-state index is 0.649. The molecule has 0 aliphatic heterocycles. The molecular formula is C15H16BrNOS. The molecule has 1 aromatic carbocycles. The van der Waals surface area contributed by atoms with Crippen molar-refractivity contribution in [1.82, 2.24) is 5.32 Å². The molecule has 1 heterocycles. The van der Waals surface area contributed by atoms with Crippen molar-refractivity contribution >= 4 is 27.3 Å². The second-order valence-electron chi connectivity index (χ2n) is 4.78. The van der Waals surface area contributed by atoms with Gasteiger partial charge in [-0.2, -0.15) is 0 Å². The van der Waals surface area contributed by atoms with Crippen LogP contribution in [0.15, 0.2) is 40.2 Å². The molecule has 0 saturated heterocycles. The fraction of sp³-hybridized carbons (Fsp3) is 0.333. The normalized spacial score (nSPS) is 14.6. The molecule has 0 spiro atoms. The summed E-state index contributed by atoms with van der Waals surface area (Å²) in [6, 6.07) is 11.1. The van der Waals surface area contributed by atoms with Crippen LogP contribution in [0.5, 0.6) is 5.75 Å². The fourth-order valence-electron chi connectivity index (χ4n) is 1.91. The lowest BCUT2D eigenvalue weighted by Crippen LogP contribution is -2.16. The average Bonchev–Trinajstić information content (AvgIpc) is 3.10. The van der Waals surface area contributed by atoms with Gasteiger partial charge in [0.2, 0.25) is 0 Å². The van der Waals surface area contributed by atoms with Crippen LogP contribution in [-0.4, -0.2) is 6.04 Å². The van der Waals surface area contributed by atoms with Crippen molar-refractivity contribution in [3.05, 3.63) is 50.6 Å². The van der Waals surface area contributed by atoms with E-state index in [2.05, 4.69) is 44.8 Å². The van der Waals surface area contributed by atoms with E-state index >= 15 is 0 Å². The zero-order valence-corrected chi connectivity index (χ0v) is 13.0. The molecule has 4 heteroatoms. The minimum atomic E-state index is 0.649. The van der Waals surface area contributed by atoms with Crippen LogP contribution < -0.4 is 10.1 Å². The zero-order chi connectivity index (χ0) is 13.1. The number of hydrogen-bond donors (Lipinski definition) is 1. The van der Waals surface area contributed by atoms with E-state index in [0.29, 0.717) is 12.6 Å². The summed E-state index contributed by atoms with van der Waals surface area (Å²) in [6.45, 7) is 1.53. The number of hydrogen-bond acceptors (Lipinski definition) is 3. The lowest BCUT2D eigenvalue weighted by atomic mass is 10.2. The first-order valence-electron chi connectivity index (χ1n) is 6.48. The molecule has 100 valence electrons. The van der Waals surface area contributed by atoms with Gasteiger partial charge >= 0.3 is 0 Å². The molecule has 1 aliphatic carbocycles. The van der Waals surface area contributed by atoms with Crippen LogP contribution in [-0.2, 0) is 13.2 Å². The number of halogens is 1. The van der Waals surface area contributed by atoms with Gasteiger partial charge in [0.15, 0.2) is 0 Å². The van der Waals surface area contributed by atoms with Crippen molar-refractivity contribution < 1.29 is 4.74 Å². The van der Waals surface area contributed by atoms with Gasteiger partial charge in [0, 0.05) is 27.5 Å². The molecule has 0 unspecified atom stereocenters. The lowest BCUT2D eigenvalue weighted by molar-refractivity contribution is 0.305. The van der Waals surface area contributed by atoms with Gasteiger partial charge in [0.1, 0.15) is 12.4 Å². The van der Waals surface area contributed by atoms with E-state index in [4.69, 9.17) is 4.74 Å². The van der Waals surface area contributed by atoms with Crippen molar-refractivity contribution in [3.8, 4) is 5.75 Å². The van der Waals surface area contributed by atoms with E-state index in [1.165, 1.54) is 23.3 Å². The Morgan fingerprint density at radius 2 is 2.21 bits per heavy atom. The maximum atomic E-state index is 5.94. The highest BCUT2D eigenvalue weighted by molar-refractivity contribution is 9.10. The van der Waals surface area contributed by atoms with Gasteiger partial charge in [0.05, 0.1) is 0 Å². The third kappa shape index (κ3) is 3.81. The van der Waals surface area contributed by atoms with Crippen LogP contribution in [0, 0.1) is 0 Å². The highest BCUT2D eigenvalue weighted by Gasteiger charge is 2.20. The van der Waals surface area contributed by atoms with E-state index in [0.717, 1.165) is 16.8 Å². The first-order valence-corrected chi connectivity index (χ1v) is 8.15. The van der Waals surface area contributed by atoms with Crippen molar-refractivity contribution in [3.63, 3.8) is 0 Å². The monoisotopic (exact) mass is 337 g/mol. The van der Waals surface area contributed by atoms with Crippen LogP contribution in [0.2, 0.25) is 0 Å². The van der Waals surface area contributed by atoms with E-state index in [1.807, 2.05) is 12.1 Å². The summed E-state index contributed by atoms with van der Waals surface area (Å²) in [7, 11) is 0. The van der Waals surface area contributed by atoms with Gasteiger partial charge in [-0.25, -0.2) is 0 Å². The van der Waals surface area contributed by atoms with E-state index in [1.54, 1.807) is 11.3 Å². The molecule has 0 atom stereocenters. The Labute approximate surface area is 125 Å². The van der Waals surface area contributed by atoms with Crippen molar-refractivity contribution in [2.75, 3.05) is 0 Å². The Balaban J connectivity index is 1.67. The van der Waals surface area contributed by atoms with Gasteiger partial charge in [0.25, 0.3) is 0 Å². The Kier molecular flexibility index (Phi) is 4.21. The van der Waals surface area contributed by atoms with Gasteiger partial charge in [-0.3, -0.25) is 0 Å². The topological polar surface area (TPSA) is 21.3 Å². The summed E-state index contributed by atoms with van der Waals surface area (Å²) in [5.41, 5.74) is 1.22. The summed E-state index contributed by atoms with van der Waals surface area (Å²) in [6.07, 6.45) is 2.61. The second-order valence-corrected chi connectivity index (χ2v) is 6.72. The lowest BCUT2D eigenvalue weighted by Gasteiger charge is -2.12. The first-order chi connectivity index (χ1) is 9.31. The van der Waals surface area contributed by atoms with Crippen LogP contribution >= 0.6 is 27.3 Å². The molecular weight excluding hydrogens is 322 g/mol. The fourth-order valence-corrected chi connectivity index (χ4v) is 2.94. The largest absolute Gasteiger partial charge is 0.488 e. The van der Waals surface area contributed by atoms with Crippen LogP contribution in [0.4, 0.5) is 0 Å². The van der Waals surface area contributed by atoms with Crippen molar-refractivity contribution in [2.24, 2.45) is 0 Å². The van der Waals surface area contributed by atoms with E-state index in [-0.39, 0.29) is 0 Å². The Hall–Kier alpha value is -0.840. The van der Waals surface area contributed by atoms with Crippen LogP contribution in [0.3, 0.4) is 0 Å². The summed E-state index contributed by atoms with van der Waals surface area (Å²) in [5.74, 6) is 0.977. The SMILES string of the molecule is Brc1ccc(OCc2cccs2)c(CNC2CC2)c1. The number of nitrogens with one attached hydrogen (secondary N) is 1.